The number of likely N-dealkylation sites (tertiary alicyclic amines) is 1. The summed E-state index contributed by atoms with van der Waals surface area (Å²) < 4.78 is 0. The van der Waals surface area contributed by atoms with Crippen LogP contribution in [-0.4, -0.2) is 58.8 Å². The first kappa shape index (κ1) is 18.9. The van der Waals surface area contributed by atoms with E-state index < -0.39 is 6.04 Å². The number of thiazole rings is 1. The molecule has 2 heterocycles. The molecule has 0 aromatic carbocycles. The van der Waals surface area contributed by atoms with Crippen molar-refractivity contribution in [2.45, 2.75) is 69.9 Å². The van der Waals surface area contributed by atoms with E-state index in [0.29, 0.717) is 12.5 Å². The second kappa shape index (κ2) is 7.87. The molecule has 2 atom stereocenters. The summed E-state index contributed by atoms with van der Waals surface area (Å²) in [6.07, 6.45) is 8.65. The minimum absolute atomic E-state index is 0.0853. The largest absolute Gasteiger partial charge is 0.342 e. The maximum absolute atomic E-state index is 12.7. The Morgan fingerprint density at radius 1 is 1.26 bits per heavy atom. The summed E-state index contributed by atoms with van der Waals surface area (Å²) in [5.41, 5.74) is 7.49. The van der Waals surface area contributed by atoms with E-state index in [1.165, 1.54) is 11.3 Å². The molecule has 2 N–H and O–H groups in total. The molecule has 1 aromatic heterocycles. The third-order valence-electron chi connectivity index (χ3n) is 6.55. The van der Waals surface area contributed by atoms with Gasteiger partial charge in [-0.15, -0.1) is 11.3 Å². The Bertz CT molecular complexity index is 709. The van der Waals surface area contributed by atoms with Crippen LogP contribution in [0.3, 0.4) is 0 Å². The van der Waals surface area contributed by atoms with Gasteiger partial charge in [0.15, 0.2) is 0 Å². The smallest absolute Gasteiger partial charge is 0.239 e. The lowest BCUT2D eigenvalue weighted by atomic mass is 9.84. The number of carbonyl (C=O) groups excluding carboxylic acids is 2. The van der Waals surface area contributed by atoms with Crippen LogP contribution >= 0.6 is 11.3 Å². The third kappa shape index (κ3) is 3.90. The molecule has 7 heteroatoms. The summed E-state index contributed by atoms with van der Waals surface area (Å²) in [4.78, 5) is 34.9. The number of nitrogens with two attached hydrogens (primary N) is 1. The zero-order valence-electron chi connectivity index (χ0n) is 16.2. The zero-order chi connectivity index (χ0) is 19.0. The van der Waals surface area contributed by atoms with Gasteiger partial charge in [-0.1, -0.05) is 0 Å². The molecule has 148 valence electrons. The van der Waals surface area contributed by atoms with E-state index in [4.69, 9.17) is 10.7 Å². The van der Waals surface area contributed by atoms with Crippen molar-refractivity contribution in [3.63, 3.8) is 0 Å². The minimum atomic E-state index is -0.430. The SMILES string of the molecule is CN(C(=O)[C@@H](N)C1CCc2nc(CC(=O)N3CCCC3)sc2C1)C1CCC1. The summed E-state index contributed by atoms with van der Waals surface area (Å²) in [5.74, 6) is 0.460. The summed E-state index contributed by atoms with van der Waals surface area (Å²) in [5, 5.41) is 0.920. The molecule has 3 aliphatic rings. The van der Waals surface area contributed by atoms with Gasteiger partial charge in [0.1, 0.15) is 5.01 Å². The van der Waals surface area contributed by atoms with Gasteiger partial charge >= 0.3 is 0 Å². The molecular weight excluding hydrogens is 360 g/mol. The Morgan fingerprint density at radius 3 is 2.67 bits per heavy atom. The lowest BCUT2D eigenvalue weighted by molar-refractivity contribution is -0.136. The number of carbonyl (C=O) groups is 2. The maximum Gasteiger partial charge on any atom is 0.239 e. The highest BCUT2D eigenvalue weighted by Gasteiger charge is 2.35. The number of rotatable bonds is 5. The van der Waals surface area contributed by atoms with Crippen molar-refractivity contribution >= 4 is 23.2 Å². The van der Waals surface area contributed by atoms with Crippen LogP contribution in [0.25, 0.3) is 0 Å². The number of fused-ring (bicyclic) bond motifs is 1. The third-order valence-corrected chi connectivity index (χ3v) is 7.67. The van der Waals surface area contributed by atoms with Crippen molar-refractivity contribution in [3.05, 3.63) is 15.6 Å². The van der Waals surface area contributed by atoms with Crippen LogP contribution in [-0.2, 0) is 28.9 Å². The van der Waals surface area contributed by atoms with E-state index in [1.54, 1.807) is 11.3 Å². The molecule has 0 bridgehead atoms. The Balaban J connectivity index is 1.37. The van der Waals surface area contributed by atoms with Gasteiger partial charge in [0.25, 0.3) is 0 Å². The van der Waals surface area contributed by atoms with Gasteiger partial charge in [-0.2, -0.15) is 0 Å². The van der Waals surface area contributed by atoms with Crippen molar-refractivity contribution in [1.82, 2.24) is 14.8 Å². The fraction of sp³-hybridized carbons (Fsp3) is 0.750. The van der Waals surface area contributed by atoms with Gasteiger partial charge in [0.2, 0.25) is 11.8 Å². The van der Waals surface area contributed by atoms with Crippen molar-refractivity contribution in [2.75, 3.05) is 20.1 Å². The second-order valence-electron chi connectivity index (χ2n) is 8.30. The number of hydrogen-bond acceptors (Lipinski definition) is 5. The fourth-order valence-electron chi connectivity index (χ4n) is 4.43. The van der Waals surface area contributed by atoms with Crippen molar-refractivity contribution in [2.24, 2.45) is 11.7 Å². The number of nitrogens with zero attached hydrogens (tertiary/aromatic N) is 3. The number of aryl methyl sites for hydroxylation is 1. The Labute approximate surface area is 165 Å². The number of likely N-dealkylation sites (N-methyl/N-ethyl adjacent to an activating group) is 1. The van der Waals surface area contributed by atoms with Crippen LogP contribution in [0, 0.1) is 5.92 Å². The number of aromatic nitrogens is 1. The Morgan fingerprint density at radius 2 is 2.00 bits per heavy atom. The average Bonchev–Trinajstić information content (AvgIpc) is 3.27. The monoisotopic (exact) mass is 390 g/mol. The molecule has 1 saturated carbocycles. The standard InChI is InChI=1S/C20H30N4O2S/c1-23(14-5-4-6-14)20(26)19(21)13-7-8-15-16(11-13)27-17(22-15)12-18(25)24-9-2-3-10-24/h13-14,19H,2-12,21H2,1H3/t13?,19-/m0/s1. The molecular formula is C20H30N4O2S. The van der Waals surface area contributed by atoms with Crippen molar-refractivity contribution < 1.29 is 9.59 Å². The molecule has 1 unspecified atom stereocenters. The zero-order valence-corrected chi connectivity index (χ0v) is 17.0. The highest BCUT2D eigenvalue weighted by Crippen LogP contribution is 2.33. The highest BCUT2D eigenvalue weighted by molar-refractivity contribution is 7.11. The van der Waals surface area contributed by atoms with Crippen LogP contribution in [0.1, 0.15) is 54.1 Å². The van der Waals surface area contributed by atoms with E-state index in [9.17, 15) is 9.59 Å². The number of amides is 2. The summed E-state index contributed by atoms with van der Waals surface area (Å²) in [6, 6.07) is -0.0464. The first-order valence-corrected chi connectivity index (χ1v) is 11.1. The maximum atomic E-state index is 12.7. The lowest BCUT2D eigenvalue weighted by Gasteiger charge is -2.38. The molecule has 2 fully saturated rings. The van der Waals surface area contributed by atoms with Crippen LogP contribution in [0.4, 0.5) is 0 Å². The molecule has 0 spiro atoms. The van der Waals surface area contributed by atoms with Gasteiger partial charge in [-0.05, 0) is 57.3 Å². The van der Waals surface area contributed by atoms with E-state index >= 15 is 0 Å². The van der Waals surface area contributed by atoms with Gasteiger partial charge in [0.05, 0.1) is 18.2 Å². The van der Waals surface area contributed by atoms with Crippen LogP contribution in [0.15, 0.2) is 0 Å². The van der Waals surface area contributed by atoms with Gasteiger partial charge in [0, 0.05) is 31.1 Å². The number of hydrogen-bond donors (Lipinski definition) is 1. The first-order valence-electron chi connectivity index (χ1n) is 10.3. The lowest BCUT2D eigenvalue weighted by Crippen LogP contribution is -2.52. The first-order chi connectivity index (χ1) is 13.0. The van der Waals surface area contributed by atoms with E-state index in [2.05, 4.69) is 0 Å². The topological polar surface area (TPSA) is 79.5 Å². The molecule has 0 radical (unpaired) electrons. The predicted octanol–water partition coefficient (Wildman–Crippen LogP) is 1.75. The molecule has 2 amide bonds. The van der Waals surface area contributed by atoms with Gasteiger partial charge in [-0.25, -0.2) is 4.98 Å². The van der Waals surface area contributed by atoms with Gasteiger partial charge < -0.3 is 15.5 Å². The predicted molar refractivity (Wildman–Crippen MR) is 106 cm³/mol. The Hall–Kier alpha value is -1.47. The van der Waals surface area contributed by atoms with E-state index in [0.717, 1.165) is 68.7 Å². The molecule has 1 aromatic rings. The van der Waals surface area contributed by atoms with Crippen LogP contribution < -0.4 is 5.73 Å². The quantitative estimate of drug-likeness (QED) is 0.831. The second-order valence-corrected chi connectivity index (χ2v) is 9.47. The molecule has 4 rings (SSSR count). The summed E-state index contributed by atoms with van der Waals surface area (Å²) >= 11 is 1.65. The normalized spacial score (nSPS) is 23.6. The summed E-state index contributed by atoms with van der Waals surface area (Å²) in [6.45, 7) is 1.77. The highest BCUT2D eigenvalue weighted by atomic mass is 32.1. The molecule has 2 aliphatic carbocycles. The van der Waals surface area contributed by atoms with Crippen LogP contribution in [0.2, 0.25) is 0 Å². The molecule has 27 heavy (non-hydrogen) atoms. The van der Waals surface area contributed by atoms with Gasteiger partial charge in [-0.3, -0.25) is 9.59 Å². The minimum Gasteiger partial charge on any atom is -0.342 e. The van der Waals surface area contributed by atoms with Crippen LogP contribution in [0.5, 0.6) is 0 Å². The van der Waals surface area contributed by atoms with E-state index in [-0.39, 0.29) is 17.7 Å². The fourth-order valence-corrected chi connectivity index (χ4v) is 5.63. The van der Waals surface area contributed by atoms with Crippen molar-refractivity contribution in [3.8, 4) is 0 Å². The molecule has 1 aliphatic heterocycles. The molecule has 6 nitrogen and oxygen atoms in total. The van der Waals surface area contributed by atoms with Crippen molar-refractivity contribution in [1.29, 1.82) is 0 Å². The van der Waals surface area contributed by atoms with E-state index in [1.807, 2.05) is 16.8 Å². The average molecular weight is 391 g/mol. The molecule has 1 saturated heterocycles. The Kier molecular flexibility index (Phi) is 5.50. The summed E-state index contributed by atoms with van der Waals surface area (Å²) in [7, 11) is 1.90.